The minimum atomic E-state index is 0.733. The summed E-state index contributed by atoms with van der Waals surface area (Å²) in [5.74, 6) is 0. The van der Waals surface area contributed by atoms with Crippen molar-refractivity contribution in [1.82, 2.24) is 0 Å². The molecule has 0 rings (SSSR count). The zero-order valence-corrected chi connectivity index (χ0v) is 11.8. The zero-order valence-electron chi connectivity index (χ0n) is 8.64. The smallest absolute Gasteiger partial charge is 0.0700 e. The molecule has 2 nitrogen and oxygen atoms in total. The highest BCUT2D eigenvalue weighted by atomic mass is 79.9. The van der Waals surface area contributed by atoms with Gasteiger partial charge in [-0.25, -0.2) is 0 Å². The van der Waals surface area contributed by atoms with E-state index < -0.39 is 0 Å². The van der Waals surface area contributed by atoms with E-state index in [1.165, 1.54) is 12.8 Å². The second-order valence-electron chi connectivity index (χ2n) is 3.02. The number of alkyl halides is 2. The highest BCUT2D eigenvalue weighted by Crippen LogP contribution is 1.95. The Morgan fingerprint density at radius 1 is 0.571 bits per heavy atom. The van der Waals surface area contributed by atoms with Crippen LogP contribution in [0.15, 0.2) is 0 Å². The molecule has 0 fully saturated rings. The van der Waals surface area contributed by atoms with Gasteiger partial charge in [0.2, 0.25) is 0 Å². The lowest BCUT2D eigenvalue weighted by Crippen LogP contribution is -2.06. The van der Waals surface area contributed by atoms with Crippen molar-refractivity contribution >= 4 is 31.9 Å². The molecule has 0 aromatic carbocycles. The fourth-order valence-corrected chi connectivity index (χ4v) is 1.71. The lowest BCUT2D eigenvalue weighted by atomic mass is 10.4. The molecule has 14 heavy (non-hydrogen) atoms. The summed E-state index contributed by atoms with van der Waals surface area (Å²) in [7, 11) is 0. The summed E-state index contributed by atoms with van der Waals surface area (Å²) in [5, 5.41) is 2.14. The summed E-state index contributed by atoms with van der Waals surface area (Å²) in [6.07, 6.45) is 4.64. The molecule has 0 amide bonds. The first kappa shape index (κ1) is 14.9. The Morgan fingerprint density at radius 2 is 1.00 bits per heavy atom. The molecule has 0 aliphatic carbocycles. The molecule has 0 aliphatic rings. The van der Waals surface area contributed by atoms with E-state index in [0.717, 1.165) is 49.9 Å². The van der Waals surface area contributed by atoms with Crippen LogP contribution in [0, 0.1) is 0 Å². The summed E-state index contributed by atoms with van der Waals surface area (Å²) in [6.45, 7) is 3.18. The van der Waals surface area contributed by atoms with Gasteiger partial charge in [-0.1, -0.05) is 31.9 Å². The van der Waals surface area contributed by atoms with E-state index in [-0.39, 0.29) is 0 Å². The molecule has 0 aliphatic heterocycles. The Bertz CT molecular complexity index is 90.1. The van der Waals surface area contributed by atoms with Crippen molar-refractivity contribution in [2.75, 3.05) is 37.1 Å². The molecule has 0 N–H and O–H groups in total. The number of hydrogen-bond donors (Lipinski definition) is 0. The van der Waals surface area contributed by atoms with Crippen LogP contribution in [0.3, 0.4) is 0 Å². The van der Waals surface area contributed by atoms with Crippen LogP contribution in [0.5, 0.6) is 0 Å². The van der Waals surface area contributed by atoms with Crippen LogP contribution in [-0.2, 0) is 9.47 Å². The molecule has 0 bridgehead atoms. The fourth-order valence-electron chi connectivity index (χ4n) is 0.919. The van der Waals surface area contributed by atoms with Crippen LogP contribution in [-0.4, -0.2) is 37.1 Å². The normalized spacial score (nSPS) is 10.7. The van der Waals surface area contributed by atoms with Gasteiger partial charge in [0.25, 0.3) is 0 Å². The molecule has 0 radical (unpaired) electrons. The molecule has 86 valence electrons. The summed E-state index contributed by atoms with van der Waals surface area (Å²) in [5.41, 5.74) is 0. The summed E-state index contributed by atoms with van der Waals surface area (Å²) in [4.78, 5) is 0. The zero-order chi connectivity index (χ0) is 10.5. The molecule has 0 atom stereocenters. The molecular weight excluding hydrogens is 312 g/mol. The van der Waals surface area contributed by atoms with E-state index in [0.29, 0.717) is 0 Å². The van der Waals surface area contributed by atoms with Gasteiger partial charge in [0, 0.05) is 23.9 Å². The van der Waals surface area contributed by atoms with Crippen molar-refractivity contribution in [3.05, 3.63) is 0 Å². The predicted molar refractivity (Wildman–Crippen MR) is 67.7 cm³/mol. The monoisotopic (exact) mass is 330 g/mol. The third-order valence-electron chi connectivity index (χ3n) is 1.72. The second-order valence-corrected chi connectivity index (χ2v) is 4.60. The van der Waals surface area contributed by atoms with Crippen molar-refractivity contribution in [1.29, 1.82) is 0 Å². The molecule has 0 unspecified atom stereocenters. The van der Waals surface area contributed by atoms with Gasteiger partial charge >= 0.3 is 0 Å². The maximum Gasteiger partial charge on any atom is 0.0700 e. The van der Waals surface area contributed by atoms with Crippen LogP contribution in [0.25, 0.3) is 0 Å². The molecule has 0 spiro atoms. The first-order valence-corrected chi connectivity index (χ1v) is 7.43. The van der Waals surface area contributed by atoms with Crippen molar-refractivity contribution in [3.8, 4) is 0 Å². The average Bonchev–Trinajstić information content (AvgIpc) is 2.21. The summed E-state index contributed by atoms with van der Waals surface area (Å²) < 4.78 is 10.8. The number of hydrogen-bond acceptors (Lipinski definition) is 2. The van der Waals surface area contributed by atoms with Crippen LogP contribution in [0.1, 0.15) is 25.7 Å². The predicted octanol–water partition coefficient (Wildman–Crippen LogP) is 3.37. The van der Waals surface area contributed by atoms with Crippen LogP contribution in [0.4, 0.5) is 0 Å². The number of ether oxygens (including phenoxy) is 2. The van der Waals surface area contributed by atoms with E-state index in [1.807, 2.05) is 0 Å². The maximum absolute atomic E-state index is 5.39. The molecule has 0 aromatic heterocycles. The maximum atomic E-state index is 5.39. The number of unbranched alkanes of at least 4 members (excludes halogenated alkanes) is 2. The molecule has 0 saturated carbocycles. The second kappa shape index (κ2) is 13.9. The molecule has 0 aromatic rings. The van der Waals surface area contributed by atoms with Gasteiger partial charge in [0.1, 0.15) is 0 Å². The third-order valence-corrected chi connectivity index (χ3v) is 2.84. The summed E-state index contributed by atoms with van der Waals surface area (Å²) in [6, 6.07) is 0. The minimum absolute atomic E-state index is 0.733. The van der Waals surface area contributed by atoms with Gasteiger partial charge in [-0.15, -0.1) is 0 Å². The topological polar surface area (TPSA) is 18.5 Å². The largest absolute Gasteiger partial charge is 0.379 e. The molecule has 4 heteroatoms. The van der Waals surface area contributed by atoms with E-state index in [1.54, 1.807) is 0 Å². The van der Waals surface area contributed by atoms with E-state index >= 15 is 0 Å². The van der Waals surface area contributed by atoms with Crippen molar-refractivity contribution in [3.63, 3.8) is 0 Å². The van der Waals surface area contributed by atoms with Gasteiger partial charge in [-0.2, -0.15) is 0 Å². The van der Waals surface area contributed by atoms with Crippen molar-refractivity contribution in [2.24, 2.45) is 0 Å². The Kier molecular flexibility index (Phi) is 14.8. The van der Waals surface area contributed by atoms with Gasteiger partial charge in [0.05, 0.1) is 13.2 Å². The minimum Gasteiger partial charge on any atom is -0.379 e. The van der Waals surface area contributed by atoms with Gasteiger partial charge in [0.15, 0.2) is 0 Å². The van der Waals surface area contributed by atoms with Crippen LogP contribution >= 0.6 is 31.9 Å². The third kappa shape index (κ3) is 12.9. The fraction of sp³-hybridized carbons (Fsp3) is 1.00. The van der Waals surface area contributed by atoms with Crippen LogP contribution < -0.4 is 0 Å². The highest BCUT2D eigenvalue weighted by Gasteiger charge is 1.90. The lowest BCUT2D eigenvalue weighted by Gasteiger charge is -2.04. The number of rotatable bonds is 11. The SMILES string of the molecule is BrCCCCOCCOCCCCBr. The Morgan fingerprint density at radius 3 is 1.36 bits per heavy atom. The van der Waals surface area contributed by atoms with Gasteiger partial charge < -0.3 is 9.47 Å². The van der Waals surface area contributed by atoms with Gasteiger partial charge in [-0.3, -0.25) is 0 Å². The Balaban J connectivity index is 2.78. The van der Waals surface area contributed by atoms with E-state index in [2.05, 4.69) is 31.9 Å². The molecule has 0 heterocycles. The molecular formula is C10H20Br2O2. The average molecular weight is 332 g/mol. The van der Waals surface area contributed by atoms with Crippen LogP contribution in [0.2, 0.25) is 0 Å². The van der Waals surface area contributed by atoms with Crippen molar-refractivity contribution < 1.29 is 9.47 Å². The van der Waals surface area contributed by atoms with Gasteiger partial charge in [-0.05, 0) is 25.7 Å². The standard InChI is InChI=1S/C10H20Br2O2/c11-5-1-3-7-13-9-10-14-8-4-2-6-12/h1-10H2. The lowest BCUT2D eigenvalue weighted by molar-refractivity contribution is 0.0459. The first-order chi connectivity index (χ1) is 6.91. The summed E-state index contributed by atoms with van der Waals surface area (Å²) >= 11 is 6.77. The number of halogens is 2. The first-order valence-electron chi connectivity index (χ1n) is 5.19. The van der Waals surface area contributed by atoms with E-state index in [4.69, 9.17) is 9.47 Å². The quantitative estimate of drug-likeness (QED) is 0.427. The Hall–Kier alpha value is 0.880. The Labute approximate surface area is 104 Å². The molecule has 0 saturated heterocycles. The highest BCUT2D eigenvalue weighted by molar-refractivity contribution is 9.09. The van der Waals surface area contributed by atoms with Crippen molar-refractivity contribution in [2.45, 2.75) is 25.7 Å². The van der Waals surface area contributed by atoms with E-state index in [9.17, 15) is 0 Å².